The average molecular weight is 474 g/mol. The third-order valence-electron chi connectivity index (χ3n) is 6.28. The van der Waals surface area contributed by atoms with Crippen LogP contribution < -0.4 is 15.5 Å². The summed E-state index contributed by atoms with van der Waals surface area (Å²) in [5, 5.41) is 10.9. The van der Waals surface area contributed by atoms with Gasteiger partial charge in [0, 0.05) is 32.7 Å². The van der Waals surface area contributed by atoms with Crippen LogP contribution in [0.5, 0.6) is 0 Å². The van der Waals surface area contributed by atoms with Crippen molar-refractivity contribution in [3.8, 4) is 0 Å². The number of rotatable bonds is 5. The van der Waals surface area contributed by atoms with Crippen LogP contribution in [-0.2, 0) is 0 Å². The largest absolute Gasteiger partial charge is 0.363 e. The van der Waals surface area contributed by atoms with E-state index in [1.807, 2.05) is 18.4 Å². The van der Waals surface area contributed by atoms with Crippen LogP contribution in [0.4, 0.5) is 5.00 Å². The van der Waals surface area contributed by atoms with E-state index in [9.17, 15) is 0 Å². The molecule has 4 rings (SSSR count). The van der Waals surface area contributed by atoms with Crippen molar-refractivity contribution in [2.75, 3.05) is 31.6 Å². The lowest BCUT2D eigenvalue weighted by atomic mass is 9.65. The van der Waals surface area contributed by atoms with Gasteiger partial charge < -0.3 is 15.5 Å². The Morgan fingerprint density at radius 1 is 1.28 bits per heavy atom. The normalized spacial score (nSPS) is 23.6. The summed E-state index contributed by atoms with van der Waals surface area (Å²) in [5.41, 5.74) is 0.597. The van der Waals surface area contributed by atoms with E-state index in [0.29, 0.717) is 11.5 Å². The van der Waals surface area contributed by atoms with Crippen molar-refractivity contribution in [2.24, 2.45) is 16.3 Å². The second kappa shape index (κ2) is 8.46. The zero-order valence-corrected chi connectivity index (χ0v) is 18.3. The summed E-state index contributed by atoms with van der Waals surface area (Å²) < 4.78 is 0. The molecule has 140 valence electrons. The SMILES string of the molecule is CN=C(NCC1(C2CC2)CCC1)NC1CCN(c2cccs2)CC1.I. The molecule has 6 heteroatoms. The van der Waals surface area contributed by atoms with Crippen molar-refractivity contribution in [3.05, 3.63) is 17.5 Å². The van der Waals surface area contributed by atoms with Gasteiger partial charge in [-0.1, -0.05) is 6.42 Å². The summed E-state index contributed by atoms with van der Waals surface area (Å²) in [6, 6.07) is 4.92. The van der Waals surface area contributed by atoms with Crippen molar-refractivity contribution in [1.29, 1.82) is 0 Å². The fraction of sp³-hybridized carbons (Fsp3) is 0.737. The fourth-order valence-electron chi connectivity index (χ4n) is 4.40. The van der Waals surface area contributed by atoms with Crippen LogP contribution in [0, 0.1) is 11.3 Å². The molecule has 1 aromatic heterocycles. The number of hydrogen-bond donors (Lipinski definition) is 2. The molecule has 2 aliphatic carbocycles. The summed E-state index contributed by atoms with van der Waals surface area (Å²) >= 11 is 1.85. The van der Waals surface area contributed by atoms with Gasteiger partial charge in [-0.2, -0.15) is 0 Å². The van der Waals surface area contributed by atoms with E-state index < -0.39 is 0 Å². The fourth-order valence-corrected chi connectivity index (χ4v) is 5.18. The summed E-state index contributed by atoms with van der Waals surface area (Å²) in [6.07, 6.45) is 9.54. The second-order valence-electron chi connectivity index (χ2n) is 7.77. The molecule has 1 aromatic rings. The van der Waals surface area contributed by atoms with Crippen molar-refractivity contribution < 1.29 is 0 Å². The van der Waals surface area contributed by atoms with Gasteiger partial charge >= 0.3 is 0 Å². The minimum Gasteiger partial charge on any atom is -0.363 e. The zero-order valence-electron chi connectivity index (χ0n) is 15.2. The Labute approximate surface area is 172 Å². The summed E-state index contributed by atoms with van der Waals surface area (Å²) in [6.45, 7) is 3.40. The Hall–Kier alpha value is -0.500. The number of nitrogens with zero attached hydrogens (tertiary/aromatic N) is 2. The van der Waals surface area contributed by atoms with E-state index in [0.717, 1.165) is 31.5 Å². The molecule has 0 radical (unpaired) electrons. The van der Waals surface area contributed by atoms with Crippen LogP contribution in [-0.4, -0.2) is 38.7 Å². The number of hydrogen-bond acceptors (Lipinski definition) is 3. The molecule has 3 aliphatic rings. The first kappa shape index (κ1) is 19.3. The molecule has 2 heterocycles. The number of aliphatic imine (C=N–C) groups is 1. The van der Waals surface area contributed by atoms with E-state index in [-0.39, 0.29) is 24.0 Å². The number of guanidine groups is 1. The van der Waals surface area contributed by atoms with Gasteiger partial charge in [-0.05, 0) is 67.4 Å². The van der Waals surface area contributed by atoms with E-state index in [1.165, 1.54) is 49.9 Å². The standard InChI is InChI=1S/C19H30N4S.HI/c1-20-18(21-14-19(9-3-10-19)15-5-6-15)22-16-7-11-23(12-8-16)17-4-2-13-24-17;/h2,4,13,15-16H,3,5-12,14H2,1H3,(H2,20,21,22);1H. The molecule has 1 saturated heterocycles. The van der Waals surface area contributed by atoms with E-state index in [1.54, 1.807) is 0 Å². The van der Waals surface area contributed by atoms with Gasteiger partial charge in [-0.3, -0.25) is 4.99 Å². The molecule has 0 atom stereocenters. The lowest BCUT2D eigenvalue weighted by Gasteiger charge is -2.43. The molecule has 2 saturated carbocycles. The molecular weight excluding hydrogens is 443 g/mol. The molecule has 1 aliphatic heterocycles. The molecule has 0 unspecified atom stereocenters. The highest BCUT2D eigenvalue weighted by Gasteiger charge is 2.48. The Morgan fingerprint density at radius 3 is 2.56 bits per heavy atom. The van der Waals surface area contributed by atoms with E-state index in [4.69, 9.17) is 0 Å². The first-order valence-corrected chi connectivity index (χ1v) is 10.4. The smallest absolute Gasteiger partial charge is 0.191 e. The Kier molecular flexibility index (Phi) is 6.52. The maximum absolute atomic E-state index is 4.48. The maximum Gasteiger partial charge on any atom is 0.191 e. The monoisotopic (exact) mass is 474 g/mol. The quantitative estimate of drug-likeness (QED) is 0.384. The first-order valence-electron chi connectivity index (χ1n) is 9.55. The molecule has 0 spiro atoms. The minimum absolute atomic E-state index is 0. The van der Waals surface area contributed by atoms with Gasteiger partial charge in [0.05, 0.1) is 5.00 Å². The third kappa shape index (κ3) is 4.43. The van der Waals surface area contributed by atoms with Crippen molar-refractivity contribution in [2.45, 2.75) is 51.0 Å². The van der Waals surface area contributed by atoms with Gasteiger partial charge in [0.25, 0.3) is 0 Å². The molecule has 25 heavy (non-hydrogen) atoms. The predicted octanol–water partition coefficient (Wildman–Crippen LogP) is 4.08. The topological polar surface area (TPSA) is 39.7 Å². The molecule has 0 aromatic carbocycles. The summed E-state index contributed by atoms with van der Waals surface area (Å²) in [7, 11) is 1.90. The molecule has 4 nitrogen and oxygen atoms in total. The van der Waals surface area contributed by atoms with Crippen molar-refractivity contribution >= 4 is 46.3 Å². The highest BCUT2D eigenvalue weighted by molar-refractivity contribution is 14.0. The second-order valence-corrected chi connectivity index (χ2v) is 8.70. The molecule has 0 amide bonds. The van der Waals surface area contributed by atoms with Crippen LogP contribution in [0.15, 0.2) is 22.5 Å². The first-order chi connectivity index (χ1) is 11.8. The van der Waals surface area contributed by atoms with Crippen LogP contribution in [0.3, 0.4) is 0 Å². The van der Waals surface area contributed by atoms with Crippen LogP contribution >= 0.6 is 35.3 Å². The van der Waals surface area contributed by atoms with Crippen LogP contribution in [0.25, 0.3) is 0 Å². The van der Waals surface area contributed by atoms with Crippen LogP contribution in [0.2, 0.25) is 0 Å². The van der Waals surface area contributed by atoms with Gasteiger partial charge in [0.15, 0.2) is 5.96 Å². The Morgan fingerprint density at radius 2 is 2.04 bits per heavy atom. The van der Waals surface area contributed by atoms with E-state index >= 15 is 0 Å². The van der Waals surface area contributed by atoms with Crippen molar-refractivity contribution in [3.63, 3.8) is 0 Å². The lowest BCUT2D eigenvalue weighted by Crippen LogP contribution is -2.52. The lowest BCUT2D eigenvalue weighted by molar-refractivity contribution is 0.105. The molecule has 0 bridgehead atoms. The Balaban J connectivity index is 0.00000182. The number of halogens is 1. The Bertz CT molecular complexity index is 558. The number of piperidine rings is 1. The number of anilines is 1. The van der Waals surface area contributed by atoms with Gasteiger partial charge in [-0.15, -0.1) is 35.3 Å². The number of nitrogens with one attached hydrogen (secondary N) is 2. The predicted molar refractivity (Wildman–Crippen MR) is 118 cm³/mol. The van der Waals surface area contributed by atoms with E-state index in [2.05, 4.69) is 38.0 Å². The number of thiophene rings is 1. The maximum atomic E-state index is 4.48. The summed E-state index contributed by atoms with van der Waals surface area (Å²) in [5.74, 6) is 2.00. The highest BCUT2D eigenvalue weighted by atomic mass is 127. The zero-order chi connectivity index (χ0) is 16.4. The third-order valence-corrected chi connectivity index (χ3v) is 7.21. The van der Waals surface area contributed by atoms with Gasteiger partial charge in [-0.25, -0.2) is 0 Å². The molecule has 2 N–H and O–H groups in total. The minimum atomic E-state index is 0. The van der Waals surface area contributed by atoms with Gasteiger partial charge in [0.2, 0.25) is 0 Å². The average Bonchev–Trinajstić information content (AvgIpc) is 3.27. The van der Waals surface area contributed by atoms with Crippen LogP contribution in [0.1, 0.15) is 44.9 Å². The van der Waals surface area contributed by atoms with Gasteiger partial charge in [0.1, 0.15) is 0 Å². The highest BCUT2D eigenvalue weighted by Crippen LogP contribution is 2.56. The summed E-state index contributed by atoms with van der Waals surface area (Å²) in [4.78, 5) is 6.98. The molecule has 3 fully saturated rings. The van der Waals surface area contributed by atoms with Crippen molar-refractivity contribution in [1.82, 2.24) is 10.6 Å². The molecular formula is C19H31IN4S.